The van der Waals surface area contributed by atoms with Gasteiger partial charge in [0.15, 0.2) is 0 Å². The summed E-state index contributed by atoms with van der Waals surface area (Å²) in [5.41, 5.74) is 0.433. The quantitative estimate of drug-likeness (QED) is 0.666. The number of ether oxygens (including phenoxy) is 1. The largest absolute Gasteiger partial charge is 0.494 e. The molecule has 0 aliphatic heterocycles. The molecule has 0 spiro atoms. The van der Waals surface area contributed by atoms with Crippen LogP contribution in [0.25, 0.3) is 0 Å². The van der Waals surface area contributed by atoms with E-state index in [1.807, 2.05) is 6.92 Å². The fraction of sp³-hybridized carbons (Fsp3) is 0.250. The summed E-state index contributed by atoms with van der Waals surface area (Å²) in [7, 11) is 5.62. The van der Waals surface area contributed by atoms with Gasteiger partial charge in [0.1, 0.15) is 13.6 Å². The van der Waals surface area contributed by atoms with Crippen molar-refractivity contribution in [1.82, 2.24) is 0 Å². The van der Waals surface area contributed by atoms with E-state index >= 15 is 0 Å². The van der Waals surface area contributed by atoms with Crippen molar-refractivity contribution in [1.29, 1.82) is 0 Å². The Kier molecular flexibility index (Phi) is 3.30. The summed E-state index contributed by atoms with van der Waals surface area (Å²) in [6.07, 6.45) is 0. The molecule has 0 N–H and O–H groups in total. The van der Waals surface area contributed by atoms with Gasteiger partial charge in [0.25, 0.3) is 0 Å². The van der Waals surface area contributed by atoms with Gasteiger partial charge in [-0.2, -0.15) is 0 Å². The highest BCUT2D eigenvalue weighted by Gasteiger charge is 2.04. The van der Waals surface area contributed by atoms with Gasteiger partial charge in [0, 0.05) is 10.0 Å². The predicted octanol–water partition coefficient (Wildman–Crippen LogP) is 2.19. The summed E-state index contributed by atoms with van der Waals surface area (Å²) < 4.78 is 5.20. The number of rotatable bonds is 2. The highest BCUT2D eigenvalue weighted by Crippen LogP contribution is 2.20. The van der Waals surface area contributed by atoms with Crippen molar-refractivity contribution in [3.05, 3.63) is 22.2 Å². The lowest BCUT2D eigenvalue weighted by Gasteiger charge is -2.08. The van der Waals surface area contributed by atoms with E-state index in [2.05, 4.69) is 0 Å². The minimum Gasteiger partial charge on any atom is -0.494 e. The molecule has 62 valence electrons. The van der Waals surface area contributed by atoms with Crippen LogP contribution >= 0.6 is 23.2 Å². The van der Waals surface area contributed by atoms with Crippen molar-refractivity contribution in [2.75, 3.05) is 6.61 Å². The van der Waals surface area contributed by atoms with Crippen LogP contribution in [0, 0.1) is 0 Å². The summed E-state index contributed by atoms with van der Waals surface area (Å²) in [6.45, 7) is 2.41. The monoisotopic (exact) mass is 200 g/mol. The second-order valence-corrected chi connectivity index (χ2v) is 3.08. The van der Waals surface area contributed by atoms with Crippen LogP contribution in [-0.4, -0.2) is 14.5 Å². The molecule has 1 aromatic carbocycles. The van der Waals surface area contributed by atoms with Gasteiger partial charge in [-0.1, -0.05) is 23.2 Å². The average molecular weight is 201 g/mol. The Morgan fingerprint density at radius 1 is 1.42 bits per heavy atom. The van der Waals surface area contributed by atoms with Gasteiger partial charge >= 0.3 is 0 Å². The number of halogens is 2. The number of hydrogen-bond acceptors (Lipinski definition) is 1. The van der Waals surface area contributed by atoms with Crippen LogP contribution < -0.4 is 10.2 Å². The molecule has 0 aliphatic rings. The maximum atomic E-state index is 5.77. The van der Waals surface area contributed by atoms with Gasteiger partial charge in [-0.05, 0) is 24.5 Å². The van der Waals surface area contributed by atoms with Gasteiger partial charge in [0.2, 0.25) is 0 Å². The summed E-state index contributed by atoms with van der Waals surface area (Å²) in [5.74, 6) is 0.537. The minimum absolute atomic E-state index is 0.422. The highest BCUT2D eigenvalue weighted by molar-refractivity contribution is 6.47. The number of benzene rings is 1. The molecule has 1 nitrogen and oxygen atoms in total. The van der Waals surface area contributed by atoms with Crippen LogP contribution in [0.2, 0.25) is 10.0 Å². The lowest BCUT2D eigenvalue weighted by atomic mass is 9.95. The van der Waals surface area contributed by atoms with E-state index in [0.717, 1.165) is 0 Å². The van der Waals surface area contributed by atoms with Crippen LogP contribution in [0.5, 0.6) is 5.75 Å². The SMILES string of the molecule is [B]c1c(Cl)cc(Cl)cc1OCC. The van der Waals surface area contributed by atoms with Crippen molar-refractivity contribution < 1.29 is 4.74 Å². The first kappa shape index (κ1) is 9.75. The first-order valence-electron chi connectivity index (χ1n) is 3.52. The Morgan fingerprint density at radius 2 is 2.08 bits per heavy atom. The molecular weight excluding hydrogens is 194 g/mol. The molecular formula is C8H7BCl2O. The van der Waals surface area contributed by atoms with Gasteiger partial charge in [-0.15, -0.1) is 0 Å². The normalized spacial score (nSPS) is 9.92. The average Bonchev–Trinajstić information content (AvgIpc) is 2.00. The van der Waals surface area contributed by atoms with Crippen LogP contribution in [-0.2, 0) is 0 Å². The fourth-order valence-electron chi connectivity index (χ4n) is 0.836. The van der Waals surface area contributed by atoms with E-state index in [1.54, 1.807) is 12.1 Å². The highest BCUT2D eigenvalue weighted by atomic mass is 35.5. The molecule has 0 aliphatic carbocycles. The van der Waals surface area contributed by atoms with Crippen molar-refractivity contribution in [3.63, 3.8) is 0 Å². The Hall–Kier alpha value is -0.335. The Labute approximate surface area is 83.0 Å². The summed E-state index contributed by atoms with van der Waals surface area (Å²) in [5, 5.41) is 0.948. The third-order valence-electron chi connectivity index (χ3n) is 1.36. The molecule has 0 bridgehead atoms. The lowest BCUT2D eigenvalue weighted by molar-refractivity contribution is 0.343. The first-order chi connectivity index (χ1) is 5.65. The Balaban J connectivity index is 3.09. The van der Waals surface area contributed by atoms with E-state index in [9.17, 15) is 0 Å². The molecule has 12 heavy (non-hydrogen) atoms. The van der Waals surface area contributed by atoms with Gasteiger partial charge in [0.05, 0.1) is 6.61 Å². The Bertz CT molecular complexity index is 289. The Morgan fingerprint density at radius 3 is 2.67 bits per heavy atom. The zero-order valence-electron chi connectivity index (χ0n) is 6.60. The summed E-state index contributed by atoms with van der Waals surface area (Å²) in [4.78, 5) is 0. The minimum atomic E-state index is 0.422. The maximum absolute atomic E-state index is 5.77. The summed E-state index contributed by atoms with van der Waals surface area (Å²) >= 11 is 11.5. The molecule has 1 rings (SSSR count). The molecule has 0 aromatic heterocycles. The van der Waals surface area contributed by atoms with Crippen LogP contribution in [0.1, 0.15) is 6.92 Å². The van der Waals surface area contributed by atoms with Crippen molar-refractivity contribution in [2.45, 2.75) is 6.92 Å². The lowest BCUT2D eigenvalue weighted by Crippen LogP contribution is -2.10. The molecule has 0 heterocycles. The molecule has 0 unspecified atom stereocenters. The third kappa shape index (κ3) is 2.08. The standard InChI is InChI=1S/C8H7BCl2O/c1-2-12-7-4-5(10)3-6(11)8(7)9/h3-4H,2H2,1H3. The maximum Gasteiger partial charge on any atom is 0.121 e. The van der Waals surface area contributed by atoms with E-state index < -0.39 is 0 Å². The van der Waals surface area contributed by atoms with E-state index in [1.165, 1.54) is 0 Å². The molecule has 0 fully saturated rings. The number of hydrogen-bond donors (Lipinski definition) is 0. The second-order valence-electron chi connectivity index (χ2n) is 2.23. The zero-order valence-corrected chi connectivity index (χ0v) is 8.12. The van der Waals surface area contributed by atoms with Crippen molar-refractivity contribution in [2.24, 2.45) is 0 Å². The van der Waals surface area contributed by atoms with Gasteiger partial charge < -0.3 is 4.74 Å². The van der Waals surface area contributed by atoms with Crippen LogP contribution in [0.15, 0.2) is 12.1 Å². The topological polar surface area (TPSA) is 9.23 Å². The van der Waals surface area contributed by atoms with Crippen LogP contribution in [0.3, 0.4) is 0 Å². The molecule has 0 saturated carbocycles. The van der Waals surface area contributed by atoms with Crippen molar-refractivity contribution in [3.8, 4) is 5.75 Å². The molecule has 0 amide bonds. The molecule has 0 atom stereocenters. The smallest absolute Gasteiger partial charge is 0.121 e. The predicted molar refractivity (Wildman–Crippen MR) is 53.0 cm³/mol. The molecule has 2 radical (unpaired) electrons. The van der Waals surface area contributed by atoms with Gasteiger partial charge in [-0.25, -0.2) is 0 Å². The van der Waals surface area contributed by atoms with Crippen LogP contribution in [0.4, 0.5) is 0 Å². The van der Waals surface area contributed by atoms with E-state index in [-0.39, 0.29) is 0 Å². The third-order valence-corrected chi connectivity index (χ3v) is 1.89. The zero-order chi connectivity index (χ0) is 9.14. The molecule has 1 aromatic rings. The molecule has 4 heteroatoms. The van der Waals surface area contributed by atoms with E-state index in [4.69, 9.17) is 35.8 Å². The van der Waals surface area contributed by atoms with Crippen molar-refractivity contribution >= 4 is 36.5 Å². The summed E-state index contributed by atoms with van der Waals surface area (Å²) in [6, 6.07) is 3.23. The van der Waals surface area contributed by atoms with Gasteiger partial charge in [-0.3, -0.25) is 0 Å². The second kappa shape index (κ2) is 4.06. The first-order valence-corrected chi connectivity index (χ1v) is 4.28. The molecule has 0 saturated heterocycles. The fourth-order valence-corrected chi connectivity index (χ4v) is 1.31. The van der Waals surface area contributed by atoms with E-state index in [0.29, 0.717) is 27.9 Å².